The Morgan fingerprint density at radius 1 is 0.455 bits per heavy atom. The molecule has 22 heteroatoms. The van der Waals surface area contributed by atoms with Crippen LogP contribution in [0.5, 0.6) is 0 Å². The number of hydrogen-bond donors (Lipinski definition) is 7. The second-order valence-corrected chi connectivity index (χ2v) is 10.1. The molecule has 0 aliphatic carbocycles. The van der Waals surface area contributed by atoms with E-state index in [0.717, 1.165) is 0 Å². The van der Waals surface area contributed by atoms with E-state index in [0.29, 0.717) is 0 Å². The third-order valence-electron chi connectivity index (χ3n) is 0.832. The Hall–Kier alpha value is 1.90. The third kappa shape index (κ3) is 14.3. The molecule has 0 aliphatic heterocycles. The minimum Gasteiger partial charge on any atom is -0.302 e. The van der Waals surface area contributed by atoms with E-state index >= 15 is 0 Å². The van der Waals surface area contributed by atoms with Crippen LogP contribution in [0.25, 0.3) is 0 Å². The average Bonchev–Trinajstić information content (AvgIpc) is 1.83. The minimum atomic E-state index is -6.07. The molecule has 2 unspecified atom stereocenters. The first kappa shape index (κ1) is 26.1. The molecule has 16 nitrogen and oxygen atoms in total. The molecule has 0 fully saturated rings. The van der Waals surface area contributed by atoms with Gasteiger partial charge >= 0.3 is 39.1 Å². The zero-order valence-electron chi connectivity index (χ0n) is 9.62. The summed E-state index contributed by atoms with van der Waals surface area (Å²) in [6.07, 6.45) is 0. The summed E-state index contributed by atoms with van der Waals surface area (Å²) < 4.78 is 65.6. The Morgan fingerprint density at radius 2 is 0.636 bits per heavy atom. The fourth-order valence-corrected chi connectivity index (χ4v) is 5.97. The van der Waals surface area contributed by atoms with Crippen molar-refractivity contribution >= 4 is 39.1 Å². The van der Waals surface area contributed by atoms with Crippen molar-refractivity contribution in [2.45, 2.75) is 0 Å². The first-order valence-corrected chi connectivity index (χ1v) is 11.3. The van der Waals surface area contributed by atoms with Crippen LogP contribution in [0.15, 0.2) is 0 Å². The minimum absolute atomic E-state index is 0. The van der Waals surface area contributed by atoms with Crippen molar-refractivity contribution in [3.63, 3.8) is 0 Å². The normalized spacial score (nSPS) is 21.0. The second-order valence-electron chi connectivity index (χ2n) is 2.71. The quantitative estimate of drug-likeness (QED) is 0.186. The molecule has 7 N–H and O–H groups in total. The van der Waals surface area contributed by atoms with Crippen LogP contribution in [-0.2, 0) is 40.1 Å². The van der Waals surface area contributed by atoms with E-state index in [4.69, 9.17) is 34.3 Å². The maximum absolute atomic E-state index is 11.0. The van der Waals surface area contributed by atoms with Gasteiger partial charge in [0.15, 0.2) is 0 Å². The molecule has 0 spiro atoms. The first-order chi connectivity index (χ1) is 8.83. The van der Waals surface area contributed by atoms with Crippen LogP contribution < -0.4 is 0 Å². The zero-order chi connectivity index (χ0) is 17.3. The van der Waals surface area contributed by atoms with Crippen molar-refractivity contribution in [1.82, 2.24) is 0 Å². The van der Waals surface area contributed by atoms with E-state index in [1.807, 2.05) is 0 Å². The van der Waals surface area contributed by atoms with Gasteiger partial charge in [-0.2, -0.15) is 17.2 Å². The van der Waals surface area contributed by atoms with Crippen molar-refractivity contribution in [3.05, 3.63) is 0 Å². The Bertz CT molecular complexity index is 552. The molecule has 0 saturated carbocycles. The Balaban J connectivity index is 0. The molecule has 0 aromatic carbocycles. The predicted octanol–water partition coefficient (Wildman–Crippen LogP) is -0.461. The van der Waals surface area contributed by atoms with E-state index in [2.05, 4.69) is 17.2 Å². The Morgan fingerprint density at radius 3 is 0.818 bits per heavy atom. The summed E-state index contributed by atoms with van der Waals surface area (Å²) in [5, 5.41) is 0. The van der Waals surface area contributed by atoms with Gasteiger partial charge in [0.2, 0.25) is 0 Å². The predicted molar refractivity (Wildman–Crippen MR) is 57.9 cm³/mol. The molecule has 131 valence electrons. The van der Waals surface area contributed by atoms with Crippen molar-refractivity contribution in [2.75, 3.05) is 0 Å². The monoisotopic (exact) mass is 557 g/mol. The van der Waals surface area contributed by atoms with Crippen LogP contribution in [0.4, 0.5) is 0 Å². The van der Waals surface area contributed by atoms with Crippen LogP contribution >= 0.6 is 39.1 Å². The summed E-state index contributed by atoms with van der Waals surface area (Å²) in [4.78, 5) is 58.7. The van der Waals surface area contributed by atoms with Gasteiger partial charge in [-0.05, 0) is 0 Å². The molecule has 0 amide bonds. The summed E-state index contributed by atoms with van der Waals surface area (Å²) in [6, 6.07) is 0. The van der Waals surface area contributed by atoms with E-state index in [-0.39, 0.29) is 35.6 Å². The molecule has 0 bridgehead atoms. The fraction of sp³-hybridized carbons (Fsp3) is 0. The zero-order valence-corrected chi connectivity index (χ0v) is 17.7. The molecule has 0 rings (SSSR count). The molecular formula is H7LaO16P5. The maximum Gasteiger partial charge on any atom is 0.490 e. The largest absolute Gasteiger partial charge is 0.490 e. The summed E-state index contributed by atoms with van der Waals surface area (Å²) in [5.74, 6) is 0. The van der Waals surface area contributed by atoms with Gasteiger partial charge < -0.3 is 34.3 Å². The van der Waals surface area contributed by atoms with Gasteiger partial charge in [0, 0.05) is 35.6 Å². The smallest absolute Gasteiger partial charge is 0.302 e. The number of hydrogen-bond acceptors (Lipinski definition) is 9. The van der Waals surface area contributed by atoms with Gasteiger partial charge in [0.25, 0.3) is 0 Å². The van der Waals surface area contributed by atoms with E-state index < -0.39 is 39.1 Å². The van der Waals surface area contributed by atoms with E-state index in [1.54, 1.807) is 0 Å². The molecule has 0 heterocycles. The second kappa shape index (κ2) is 8.53. The molecular weight excluding hydrogens is 550 g/mol. The summed E-state index contributed by atoms with van der Waals surface area (Å²) >= 11 is 0. The summed E-state index contributed by atoms with van der Waals surface area (Å²) in [6.45, 7) is 0. The van der Waals surface area contributed by atoms with Crippen molar-refractivity contribution < 1.29 is 110 Å². The van der Waals surface area contributed by atoms with Gasteiger partial charge in [-0.1, -0.05) is 0 Å². The average molecular weight is 557 g/mol. The Kier molecular flexibility index (Phi) is 10.1. The molecule has 0 aromatic heterocycles. The molecule has 2 atom stereocenters. The Labute approximate surface area is 148 Å². The van der Waals surface area contributed by atoms with Gasteiger partial charge in [0.1, 0.15) is 0 Å². The first-order valence-electron chi connectivity index (χ1n) is 3.77. The third-order valence-corrected chi connectivity index (χ3v) is 7.49. The fourth-order valence-electron chi connectivity index (χ4n) is 0.574. The number of phosphoric acid groups is 5. The van der Waals surface area contributed by atoms with Crippen LogP contribution in [0.1, 0.15) is 0 Å². The topological polar surface area (TPSA) is 264 Å². The molecule has 22 heavy (non-hydrogen) atoms. The summed E-state index contributed by atoms with van der Waals surface area (Å²) in [7, 11) is -29.3. The van der Waals surface area contributed by atoms with Crippen LogP contribution in [-0.4, -0.2) is 34.3 Å². The molecule has 0 aromatic rings. The van der Waals surface area contributed by atoms with Gasteiger partial charge in [0.05, 0.1) is 0 Å². The van der Waals surface area contributed by atoms with Crippen LogP contribution in [0, 0.1) is 35.6 Å². The summed E-state index contributed by atoms with van der Waals surface area (Å²) in [5.41, 5.74) is 0. The van der Waals surface area contributed by atoms with Crippen molar-refractivity contribution in [3.8, 4) is 0 Å². The van der Waals surface area contributed by atoms with Crippen molar-refractivity contribution in [2.24, 2.45) is 0 Å². The van der Waals surface area contributed by atoms with Crippen molar-refractivity contribution in [1.29, 1.82) is 0 Å². The van der Waals surface area contributed by atoms with Gasteiger partial charge in [-0.25, -0.2) is 22.8 Å². The van der Waals surface area contributed by atoms with Crippen LogP contribution in [0.3, 0.4) is 0 Å². The maximum atomic E-state index is 11.0. The van der Waals surface area contributed by atoms with Gasteiger partial charge in [-0.3, -0.25) is 0 Å². The van der Waals surface area contributed by atoms with Crippen LogP contribution in [0.2, 0.25) is 0 Å². The van der Waals surface area contributed by atoms with Gasteiger partial charge in [-0.15, -0.1) is 0 Å². The molecule has 0 saturated heterocycles. The standard InChI is InChI=1S/La.H7O16P5/c;1-17(2,3)13-19(7,8)15-21(11,12)16-20(9,10)14-18(4,5)6/h;(H,7,8)(H,9,10)(H,11,12)(H2,1,2,3)(H2,4,5,6). The molecule has 1 radical (unpaired) electrons. The SMILES string of the molecule is O=P(O)(O)OP(=O)(O)OP(=O)(O)OP(=O)(O)OP(=O)(O)O.[La]. The number of rotatable bonds is 8. The molecule has 0 aliphatic rings. The van der Waals surface area contributed by atoms with E-state index in [9.17, 15) is 22.8 Å². The van der Waals surface area contributed by atoms with E-state index in [1.165, 1.54) is 0 Å².